The third-order valence-electron chi connectivity index (χ3n) is 4.96. The van der Waals surface area contributed by atoms with Crippen molar-refractivity contribution in [3.63, 3.8) is 0 Å². The molecule has 3 rings (SSSR count). The van der Waals surface area contributed by atoms with Crippen LogP contribution in [0.3, 0.4) is 0 Å². The number of ether oxygens (including phenoxy) is 1. The predicted molar refractivity (Wildman–Crippen MR) is 131 cm³/mol. The number of benzene rings is 2. The first kappa shape index (κ1) is 25.5. The Morgan fingerprint density at radius 3 is 2.35 bits per heavy atom. The lowest BCUT2D eigenvalue weighted by molar-refractivity contribution is -0.158. The van der Waals surface area contributed by atoms with E-state index in [4.69, 9.17) is 9.15 Å². The van der Waals surface area contributed by atoms with Crippen molar-refractivity contribution in [2.24, 2.45) is 5.92 Å². The SMILES string of the molecule is CCNC(=O)Nc1ccc2c(c1)oc1ccc(S(=O)(=O)NC(C(=O)OC(C)(C)C)C(C)C)cc12. The second-order valence-corrected chi connectivity index (χ2v) is 11.0. The smallest absolute Gasteiger partial charge is 0.324 e. The van der Waals surface area contributed by atoms with Crippen LogP contribution in [0.4, 0.5) is 10.5 Å². The monoisotopic (exact) mass is 489 g/mol. The zero-order chi connectivity index (χ0) is 25.3. The summed E-state index contributed by atoms with van der Waals surface area (Å²) in [7, 11) is -4.03. The van der Waals surface area contributed by atoms with Crippen LogP contribution in [-0.2, 0) is 19.6 Å². The molecule has 0 aliphatic rings. The number of nitrogens with one attached hydrogen (secondary N) is 3. The molecule has 2 amide bonds. The van der Waals surface area contributed by atoms with Gasteiger partial charge in [-0.3, -0.25) is 4.79 Å². The largest absolute Gasteiger partial charge is 0.459 e. The molecule has 1 atom stereocenters. The summed E-state index contributed by atoms with van der Waals surface area (Å²) in [4.78, 5) is 24.4. The van der Waals surface area contributed by atoms with E-state index in [1.165, 1.54) is 12.1 Å². The third-order valence-corrected chi connectivity index (χ3v) is 6.40. The van der Waals surface area contributed by atoms with Gasteiger partial charge in [0.25, 0.3) is 0 Å². The maximum absolute atomic E-state index is 13.2. The maximum atomic E-state index is 13.2. The maximum Gasteiger partial charge on any atom is 0.324 e. The van der Waals surface area contributed by atoms with Crippen LogP contribution in [0.2, 0.25) is 0 Å². The minimum Gasteiger partial charge on any atom is -0.459 e. The molecule has 1 aromatic heterocycles. The molecule has 0 saturated heterocycles. The molecule has 184 valence electrons. The van der Waals surface area contributed by atoms with E-state index < -0.39 is 27.6 Å². The van der Waals surface area contributed by atoms with Crippen molar-refractivity contribution in [3.8, 4) is 0 Å². The average Bonchev–Trinajstić information content (AvgIpc) is 3.07. The summed E-state index contributed by atoms with van der Waals surface area (Å²) in [5, 5.41) is 6.66. The van der Waals surface area contributed by atoms with E-state index in [0.717, 1.165) is 0 Å². The summed E-state index contributed by atoms with van der Waals surface area (Å²) < 4.78 is 40.0. The molecule has 1 heterocycles. The first-order valence-electron chi connectivity index (χ1n) is 11.1. The van der Waals surface area contributed by atoms with Crippen molar-refractivity contribution in [1.29, 1.82) is 0 Å². The molecule has 0 aliphatic heterocycles. The molecular weight excluding hydrogens is 458 g/mol. The minimum absolute atomic E-state index is 0.00133. The van der Waals surface area contributed by atoms with E-state index in [2.05, 4.69) is 15.4 Å². The Bertz CT molecular complexity index is 1320. The first-order chi connectivity index (χ1) is 15.8. The molecule has 2 aromatic carbocycles. The van der Waals surface area contributed by atoms with Crippen LogP contribution in [-0.4, -0.2) is 38.6 Å². The molecule has 0 bridgehead atoms. The highest BCUT2D eigenvalue weighted by atomic mass is 32.2. The van der Waals surface area contributed by atoms with Crippen LogP contribution in [0.25, 0.3) is 21.9 Å². The minimum atomic E-state index is -4.03. The average molecular weight is 490 g/mol. The van der Waals surface area contributed by atoms with Crippen molar-refractivity contribution >= 4 is 49.6 Å². The topological polar surface area (TPSA) is 127 Å². The fourth-order valence-electron chi connectivity index (χ4n) is 3.39. The molecule has 10 heteroatoms. The van der Waals surface area contributed by atoms with Gasteiger partial charge in [-0.1, -0.05) is 13.8 Å². The lowest BCUT2D eigenvalue weighted by Gasteiger charge is -2.26. The lowest BCUT2D eigenvalue weighted by atomic mass is 10.1. The van der Waals surface area contributed by atoms with Crippen LogP contribution in [0, 0.1) is 5.92 Å². The van der Waals surface area contributed by atoms with Crippen LogP contribution in [0.15, 0.2) is 45.7 Å². The van der Waals surface area contributed by atoms with Gasteiger partial charge in [-0.15, -0.1) is 0 Å². The molecule has 1 unspecified atom stereocenters. The Labute approximate surface area is 199 Å². The number of carbonyl (C=O) groups excluding carboxylic acids is 2. The summed E-state index contributed by atoms with van der Waals surface area (Å²) in [6.07, 6.45) is 0. The molecule has 9 nitrogen and oxygen atoms in total. The highest BCUT2D eigenvalue weighted by Gasteiger charge is 2.32. The van der Waals surface area contributed by atoms with Crippen molar-refractivity contribution in [2.45, 2.75) is 58.1 Å². The van der Waals surface area contributed by atoms with Gasteiger partial charge in [0.05, 0.1) is 4.90 Å². The normalized spacial score (nSPS) is 13.3. The summed E-state index contributed by atoms with van der Waals surface area (Å²) in [6.45, 7) is 11.0. The van der Waals surface area contributed by atoms with Gasteiger partial charge in [0.15, 0.2) is 0 Å². The van der Waals surface area contributed by atoms with Crippen LogP contribution in [0.5, 0.6) is 0 Å². The fraction of sp³-hybridized carbons (Fsp3) is 0.417. The molecule has 34 heavy (non-hydrogen) atoms. The standard InChI is InChI=1S/C24H31N3O6S/c1-7-25-23(29)26-15-8-10-17-18-13-16(9-11-19(18)32-20(17)12-15)34(30,31)27-21(14(2)3)22(28)33-24(4,5)6/h8-14,21,27H,7H2,1-6H3,(H2,25,26,29). The van der Waals surface area contributed by atoms with E-state index in [1.807, 2.05) is 6.92 Å². The lowest BCUT2D eigenvalue weighted by Crippen LogP contribution is -2.47. The van der Waals surface area contributed by atoms with E-state index in [-0.39, 0.29) is 16.8 Å². The van der Waals surface area contributed by atoms with Gasteiger partial charge in [-0.05, 0) is 63.9 Å². The summed E-state index contributed by atoms with van der Waals surface area (Å²) in [6, 6.07) is 8.27. The second kappa shape index (κ2) is 9.63. The number of carbonyl (C=O) groups is 2. The Morgan fingerprint density at radius 2 is 1.74 bits per heavy atom. The third kappa shape index (κ3) is 5.87. The highest BCUT2D eigenvalue weighted by Crippen LogP contribution is 2.32. The number of hydrogen-bond donors (Lipinski definition) is 3. The van der Waals surface area contributed by atoms with Crippen molar-refractivity contribution < 1.29 is 27.2 Å². The van der Waals surface area contributed by atoms with E-state index >= 15 is 0 Å². The van der Waals surface area contributed by atoms with Crippen molar-refractivity contribution in [1.82, 2.24) is 10.0 Å². The Morgan fingerprint density at radius 1 is 1.03 bits per heavy atom. The van der Waals surface area contributed by atoms with Crippen molar-refractivity contribution in [3.05, 3.63) is 36.4 Å². The van der Waals surface area contributed by atoms with Gasteiger partial charge in [0, 0.05) is 29.1 Å². The first-order valence-corrected chi connectivity index (χ1v) is 12.6. The number of sulfonamides is 1. The summed E-state index contributed by atoms with van der Waals surface area (Å²) in [5.41, 5.74) is 0.802. The zero-order valence-electron chi connectivity index (χ0n) is 20.2. The Kier molecular flexibility index (Phi) is 7.23. The van der Waals surface area contributed by atoms with Gasteiger partial charge in [-0.25, -0.2) is 13.2 Å². The number of furan rings is 1. The molecule has 0 aliphatic carbocycles. The summed E-state index contributed by atoms with van der Waals surface area (Å²) in [5.74, 6) is -0.952. The number of amides is 2. The number of rotatable bonds is 7. The van der Waals surface area contributed by atoms with Gasteiger partial charge in [-0.2, -0.15) is 4.72 Å². The Balaban J connectivity index is 1.93. The van der Waals surface area contributed by atoms with E-state index in [9.17, 15) is 18.0 Å². The number of urea groups is 1. The van der Waals surface area contributed by atoms with Crippen LogP contribution in [0.1, 0.15) is 41.5 Å². The second-order valence-electron chi connectivity index (χ2n) is 9.33. The van der Waals surface area contributed by atoms with Crippen LogP contribution >= 0.6 is 0 Å². The van der Waals surface area contributed by atoms with Gasteiger partial charge < -0.3 is 19.8 Å². The molecule has 0 fully saturated rings. The van der Waals surface area contributed by atoms with Gasteiger partial charge in [0.2, 0.25) is 10.0 Å². The van der Waals surface area contributed by atoms with E-state index in [0.29, 0.717) is 34.2 Å². The Hall–Kier alpha value is -3.11. The van der Waals surface area contributed by atoms with Gasteiger partial charge >= 0.3 is 12.0 Å². The molecular formula is C24H31N3O6S. The number of anilines is 1. The number of hydrogen-bond acceptors (Lipinski definition) is 6. The van der Waals surface area contributed by atoms with Gasteiger partial charge in [0.1, 0.15) is 22.8 Å². The van der Waals surface area contributed by atoms with Crippen LogP contribution < -0.4 is 15.4 Å². The number of fused-ring (bicyclic) bond motifs is 3. The quantitative estimate of drug-likeness (QED) is 0.423. The molecule has 3 aromatic rings. The highest BCUT2D eigenvalue weighted by molar-refractivity contribution is 7.89. The molecule has 0 radical (unpaired) electrons. The molecule has 3 N–H and O–H groups in total. The predicted octanol–water partition coefficient (Wildman–Crippen LogP) is 4.37. The number of esters is 1. The fourth-order valence-corrected chi connectivity index (χ4v) is 4.75. The zero-order valence-corrected chi connectivity index (χ0v) is 21.0. The van der Waals surface area contributed by atoms with E-state index in [1.54, 1.807) is 58.9 Å². The van der Waals surface area contributed by atoms with Crippen molar-refractivity contribution in [2.75, 3.05) is 11.9 Å². The summed E-state index contributed by atoms with van der Waals surface area (Å²) >= 11 is 0. The molecule has 0 spiro atoms. The molecule has 0 saturated carbocycles.